The van der Waals surface area contributed by atoms with Crippen LogP contribution in [0.15, 0.2) is 315 Å². The summed E-state index contributed by atoms with van der Waals surface area (Å²) < 4.78 is 75.2. The molecule has 0 radical (unpaired) electrons. The molecule has 0 heterocycles. The van der Waals surface area contributed by atoms with Gasteiger partial charge in [-0.05, 0) is 162 Å². The van der Waals surface area contributed by atoms with Crippen LogP contribution in [0, 0.1) is 20.6 Å². The second kappa shape index (κ2) is 29.9. The molecule has 86 heavy (non-hydrogen) atoms. The molecule has 0 aliphatic carbocycles. The number of rotatable bonds is 13. The first kappa shape index (κ1) is 48.2. The second-order valence-electron chi connectivity index (χ2n) is 21.0. The lowest BCUT2D eigenvalue weighted by molar-refractivity contribution is 0.866. The lowest BCUT2D eigenvalue weighted by Gasteiger charge is -2.23. The molecular weight excluding hydrogens is 1040 g/mol. The van der Waals surface area contributed by atoms with Gasteiger partial charge in [-0.2, -0.15) is 0 Å². The maximum atomic E-state index is 8.11. The third-order valence-electron chi connectivity index (χ3n) is 15.0. The standard InChI is InChI=1S/C22H23N.3C20H19N/c1-17(2)18-9-13-21(14-10-18)23(3)22-15-11-20(12-16-22)19-7-5-4-6-8-19;1-16-12-14-18(15-13-16)21(2)20-11-7-6-10-19(20)17-8-4-3-5-9-17;1-16-11-13-19(14-12-16)21(2)20-10-6-9-18(15-20)17-7-4-3-5-8-17;1-16-8-12-19(13-9-16)21(2)20-14-10-18(11-15-20)17-6-4-3-5-7-17/h4-17H,1-3H3;3*3-15H,1-2H3/i17D;3*1D3. The zero-order chi connectivity index (χ0) is 68.6. The first-order chi connectivity index (χ1) is 45.8. The average molecular weight is 1130 g/mol. The van der Waals surface area contributed by atoms with Gasteiger partial charge in [0.05, 0.1) is 0 Å². The summed E-state index contributed by atoms with van der Waals surface area (Å²) in [5.41, 5.74) is 19.8. The van der Waals surface area contributed by atoms with Crippen molar-refractivity contribution in [2.75, 3.05) is 47.8 Å². The largest absolute Gasteiger partial charge is 0.345 e. The predicted molar refractivity (Wildman–Crippen MR) is 374 cm³/mol. The molecule has 0 amide bonds. The molecule has 12 aromatic carbocycles. The van der Waals surface area contributed by atoms with Gasteiger partial charge in [0, 0.05) is 93.0 Å². The quantitative estimate of drug-likeness (QED) is 0.114. The van der Waals surface area contributed by atoms with E-state index in [1.807, 2.05) is 173 Å². The van der Waals surface area contributed by atoms with Crippen molar-refractivity contribution in [3.63, 3.8) is 0 Å². The van der Waals surface area contributed by atoms with Crippen LogP contribution in [0.5, 0.6) is 0 Å². The van der Waals surface area contributed by atoms with E-state index in [0.717, 1.165) is 67.8 Å². The third-order valence-corrected chi connectivity index (χ3v) is 15.0. The predicted octanol–water partition coefficient (Wildman–Crippen LogP) is 22.5. The van der Waals surface area contributed by atoms with Crippen molar-refractivity contribution in [2.24, 2.45) is 0 Å². The Kier molecular flexibility index (Phi) is 16.8. The van der Waals surface area contributed by atoms with Crippen LogP contribution in [-0.4, -0.2) is 28.2 Å². The average Bonchev–Trinajstić information content (AvgIpc) is 0.895. The highest BCUT2D eigenvalue weighted by molar-refractivity contribution is 5.82. The highest BCUT2D eigenvalue weighted by atomic mass is 15.1. The number of nitrogens with zero attached hydrogens (tertiary/aromatic N) is 4. The molecular formula is C82H80N4. The fraction of sp³-hybridized carbons (Fsp3) is 0.122. The fourth-order valence-electron chi connectivity index (χ4n) is 9.83. The van der Waals surface area contributed by atoms with Crippen molar-refractivity contribution in [3.05, 3.63) is 338 Å². The van der Waals surface area contributed by atoms with Gasteiger partial charge in [0.1, 0.15) is 0 Å². The molecule has 12 aromatic rings. The number of hydrogen-bond acceptors (Lipinski definition) is 4. The third kappa shape index (κ3) is 16.3. The van der Waals surface area contributed by atoms with E-state index < -0.39 is 26.4 Å². The van der Waals surface area contributed by atoms with Crippen LogP contribution >= 0.6 is 0 Å². The van der Waals surface area contributed by atoms with Crippen LogP contribution in [-0.2, 0) is 0 Å². The van der Waals surface area contributed by atoms with Gasteiger partial charge in [-0.15, -0.1) is 0 Å². The molecule has 0 saturated carbocycles. The molecule has 0 fully saturated rings. The van der Waals surface area contributed by atoms with Crippen LogP contribution < -0.4 is 19.6 Å². The number of hydrogen-bond donors (Lipinski definition) is 0. The first-order valence-electron chi connectivity index (χ1n) is 33.8. The zero-order valence-corrected chi connectivity index (χ0v) is 49.8. The van der Waals surface area contributed by atoms with Gasteiger partial charge in [-0.3, -0.25) is 0 Å². The highest BCUT2D eigenvalue weighted by Crippen LogP contribution is 2.35. The molecule has 0 atom stereocenters. The maximum Gasteiger partial charge on any atom is 0.0487 e. The molecule has 4 nitrogen and oxygen atoms in total. The molecule has 4 heteroatoms. The summed E-state index contributed by atoms with van der Waals surface area (Å²) in [5.74, 6) is -0.561. The summed E-state index contributed by atoms with van der Waals surface area (Å²) in [5, 5.41) is 0. The zero-order valence-electron chi connectivity index (χ0n) is 59.8. The van der Waals surface area contributed by atoms with Crippen molar-refractivity contribution in [1.29, 1.82) is 0 Å². The molecule has 0 N–H and O–H groups in total. The van der Waals surface area contributed by atoms with E-state index in [0.29, 0.717) is 16.7 Å². The normalized spacial score (nSPS) is 12.8. The smallest absolute Gasteiger partial charge is 0.0487 e. The Balaban J connectivity index is 0.000000150. The van der Waals surface area contributed by atoms with Crippen molar-refractivity contribution >= 4 is 45.5 Å². The minimum atomic E-state index is -2.07. The molecule has 428 valence electrons. The molecule has 0 spiro atoms. The Morgan fingerprint density at radius 3 is 0.930 bits per heavy atom. The van der Waals surface area contributed by atoms with E-state index in [1.54, 1.807) is 36.4 Å². The maximum absolute atomic E-state index is 8.11. The van der Waals surface area contributed by atoms with E-state index in [4.69, 9.17) is 13.7 Å². The Labute approximate surface area is 527 Å². The van der Waals surface area contributed by atoms with Gasteiger partial charge >= 0.3 is 0 Å². The van der Waals surface area contributed by atoms with Crippen molar-refractivity contribution in [3.8, 4) is 44.5 Å². The molecule has 0 aliphatic rings. The number of aryl methyl sites for hydroxylation is 3. The Morgan fingerprint density at radius 2 is 0.547 bits per heavy atom. The second-order valence-corrected chi connectivity index (χ2v) is 21.0. The molecule has 12 rings (SSSR count). The summed E-state index contributed by atoms with van der Waals surface area (Å²) in [6.45, 7) is -2.38. The molecule has 0 aromatic heterocycles. The number of benzene rings is 12. The monoisotopic (exact) mass is 1130 g/mol. The summed E-state index contributed by atoms with van der Waals surface area (Å²) in [4.78, 5) is 8.33. The highest BCUT2D eigenvalue weighted by Gasteiger charge is 2.12. The molecule has 0 bridgehead atoms. The van der Waals surface area contributed by atoms with Crippen LogP contribution in [0.25, 0.3) is 44.5 Å². The molecule has 0 aliphatic heterocycles. The minimum Gasteiger partial charge on any atom is -0.345 e. The van der Waals surface area contributed by atoms with Crippen LogP contribution in [0.2, 0.25) is 0 Å². The topological polar surface area (TPSA) is 13.0 Å². The van der Waals surface area contributed by atoms with Crippen molar-refractivity contribution in [2.45, 2.75) is 40.3 Å². The lowest BCUT2D eigenvalue weighted by atomic mass is 10.0. The van der Waals surface area contributed by atoms with E-state index in [-0.39, 0.29) is 0 Å². The van der Waals surface area contributed by atoms with Gasteiger partial charge in [0.2, 0.25) is 0 Å². The van der Waals surface area contributed by atoms with Gasteiger partial charge in [0.25, 0.3) is 0 Å². The van der Waals surface area contributed by atoms with E-state index >= 15 is 0 Å². The van der Waals surface area contributed by atoms with E-state index in [1.165, 1.54) is 27.8 Å². The number of anilines is 8. The Bertz CT molecular complexity index is 4190. The van der Waals surface area contributed by atoms with Crippen molar-refractivity contribution < 1.29 is 13.7 Å². The summed E-state index contributed by atoms with van der Waals surface area (Å²) in [7, 11) is 8.01. The summed E-state index contributed by atoms with van der Waals surface area (Å²) in [6, 6.07) is 104. The SMILES string of the molecule is [2H]C(C)(C)c1ccc(N(C)c2ccc(-c3ccccc3)cc2)cc1.[2H]C([2H])([2H])c1ccc(N(C)c2ccc(-c3ccccc3)cc2)cc1.[2H]C([2H])([2H])c1ccc(N(C)c2cccc(-c3ccccc3)c2)cc1.[2H]C([2H])([2H])c1ccc(N(C)c2ccccc2-c2ccccc2)cc1. The van der Waals surface area contributed by atoms with E-state index in [9.17, 15) is 0 Å². The number of para-hydroxylation sites is 1. The van der Waals surface area contributed by atoms with Crippen LogP contribution in [0.3, 0.4) is 0 Å². The molecule has 0 saturated heterocycles. The summed E-state index contributed by atoms with van der Waals surface area (Å²) in [6.07, 6.45) is 0. The fourth-order valence-corrected chi connectivity index (χ4v) is 9.83. The Morgan fingerprint density at radius 1 is 0.256 bits per heavy atom. The first-order valence-corrected chi connectivity index (χ1v) is 28.8. The Hall–Kier alpha value is -10.2. The summed E-state index contributed by atoms with van der Waals surface area (Å²) >= 11 is 0. The molecule has 0 unspecified atom stereocenters. The van der Waals surface area contributed by atoms with E-state index in [2.05, 4.69) is 167 Å². The van der Waals surface area contributed by atoms with Crippen LogP contribution in [0.1, 0.15) is 55.7 Å². The lowest BCUT2D eigenvalue weighted by Crippen LogP contribution is -2.10. The van der Waals surface area contributed by atoms with Gasteiger partial charge in [-0.1, -0.05) is 255 Å². The van der Waals surface area contributed by atoms with Crippen LogP contribution in [0.4, 0.5) is 45.5 Å². The van der Waals surface area contributed by atoms with Gasteiger partial charge in [0.15, 0.2) is 0 Å². The van der Waals surface area contributed by atoms with Gasteiger partial charge in [-0.25, -0.2) is 0 Å². The van der Waals surface area contributed by atoms with Crippen molar-refractivity contribution in [1.82, 2.24) is 0 Å². The minimum absolute atomic E-state index is 0.357. The van der Waals surface area contributed by atoms with Gasteiger partial charge < -0.3 is 19.6 Å².